The second kappa shape index (κ2) is 8.16. The van der Waals surface area contributed by atoms with Crippen LogP contribution in [0.15, 0.2) is 36.5 Å². The zero-order valence-corrected chi connectivity index (χ0v) is 19.7. The quantitative estimate of drug-likeness (QED) is 0.403. The summed E-state index contributed by atoms with van der Waals surface area (Å²) in [6.45, 7) is 23.2. The summed E-state index contributed by atoms with van der Waals surface area (Å²) >= 11 is 0. The van der Waals surface area contributed by atoms with Gasteiger partial charge in [0.1, 0.15) is 0 Å². The predicted molar refractivity (Wildman–Crippen MR) is 124 cm³/mol. The fraction of sp³-hybridized carbons (Fsp3) is 0.786. The zero-order chi connectivity index (χ0) is 20.7. The first-order chi connectivity index (χ1) is 13.2. The number of allylic oxidation sites excluding steroid dienone is 4. The molecule has 0 aliphatic heterocycles. The van der Waals surface area contributed by atoms with Crippen LogP contribution in [0.4, 0.5) is 0 Å². The molecule has 0 aromatic heterocycles. The van der Waals surface area contributed by atoms with E-state index in [9.17, 15) is 0 Å². The van der Waals surface area contributed by atoms with Crippen LogP contribution in [-0.4, -0.2) is 0 Å². The minimum atomic E-state index is 0.379. The first-order valence-electron chi connectivity index (χ1n) is 12.2. The molecule has 8 unspecified atom stereocenters. The summed E-state index contributed by atoms with van der Waals surface area (Å²) in [5, 5.41) is 0. The molecule has 0 aromatic rings. The third kappa shape index (κ3) is 3.37. The lowest BCUT2D eigenvalue weighted by Crippen LogP contribution is -2.51. The van der Waals surface area contributed by atoms with Gasteiger partial charge in [-0.15, -0.1) is 6.58 Å². The highest BCUT2D eigenvalue weighted by Crippen LogP contribution is 2.68. The van der Waals surface area contributed by atoms with Gasteiger partial charge < -0.3 is 0 Å². The molecule has 3 fully saturated rings. The van der Waals surface area contributed by atoms with E-state index in [-0.39, 0.29) is 0 Å². The average molecular weight is 383 g/mol. The van der Waals surface area contributed by atoms with E-state index in [0.717, 1.165) is 35.5 Å². The Balaban J connectivity index is 2.00. The molecule has 0 heteroatoms. The maximum atomic E-state index is 4.29. The van der Waals surface area contributed by atoms with Crippen LogP contribution in [0.1, 0.15) is 92.9 Å². The van der Waals surface area contributed by atoms with Crippen molar-refractivity contribution < 1.29 is 0 Å². The van der Waals surface area contributed by atoms with Gasteiger partial charge in [-0.2, -0.15) is 0 Å². The number of fused-ring (bicyclic) bond motifs is 3. The molecular weight excluding hydrogens is 336 g/mol. The summed E-state index contributed by atoms with van der Waals surface area (Å²) in [5.41, 5.74) is 4.04. The predicted octanol–water partition coefficient (Wildman–Crippen LogP) is 8.61. The first kappa shape index (κ1) is 21.9. The van der Waals surface area contributed by atoms with E-state index in [1.54, 1.807) is 5.57 Å². The highest BCUT2D eigenvalue weighted by atomic mass is 14.6. The molecule has 3 aliphatic carbocycles. The Bertz CT molecular complexity index is 624. The van der Waals surface area contributed by atoms with Gasteiger partial charge in [0.2, 0.25) is 0 Å². The van der Waals surface area contributed by atoms with Crippen molar-refractivity contribution in [1.29, 1.82) is 0 Å². The first-order valence-corrected chi connectivity index (χ1v) is 12.2. The highest BCUT2D eigenvalue weighted by Gasteiger charge is 2.60. The van der Waals surface area contributed by atoms with E-state index in [1.165, 1.54) is 56.9 Å². The molecule has 0 spiro atoms. The van der Waals surface area contributed by atoms with Crippen molar-refractivity contribution in [2.75, 3.05) is 0 Å². The standard InChI is InChI=1S/C28H46/c1-9-12-23-21(11-3)18-22-24(27(23,7)14-10-2)13-15-28(8)25(16-19(4)5)20(6)17-26(22)28/h9,12,20-22,24-26H,1,4,10-11,13-18H2,2-3,5-8H3/b23-12-. The second-order valence-corrected chi connectivity index (χ2v) is 11.3. The molecule has 0 heterocycles. The van der Waals surface area contributed by atoms with E-state index in [4.69, 9.17) is 0 Å². The summed E-state index contributed by atoms with van der Waals surface area (Å²) in [6.07, 6.45) is 15.4. The van der Waals surface area contributed by atoms with Crippen molar-refractivity contribution in [2.24, 2.45) is 46.3 Å². The van der Waals surface area contributed by atoms with Gasteiger partial charge in [-0.1, -0.05) is 70.9 Å². The Morgan fingerprint density at radius 2 is 1.89 bits per heavy atom. The van der Waals surface area contributed by atoms with Crippen molar-refractivity contribution in [3.8, 4) is 0 Å². The van der Waals surface area contributed by atoms with E-state index >= 15 is 0 Å². The molecule has 0 N–H and O–H groups in total. The summed E-state index contributed by atoms with van der Waals surface area (Å²) < 4.78 is 0. The fourth-order valence-corrected chi connectivity index (χ4v) is 8.51. The minimum Gasteiger partial charge on any atom is -0.100 e. The van der Waals surface area contributed by atoms with Crippen LogP contribution < -0.4 is 0 Å². The molecule has 0 amide bonds. The normalized spacial score (nSPS) is 46.9. The van der Waals surface area contributed by atoms with Crippen molar-refractivity contribution in [1.82, 2.24) is 0 Å². The summed E-state index contributed by atoms with van der Waals surface area (Å²) in [4.78, 5) is 0. The zero-order valence-electron chi connectivity index (χ0n) is 19.7. The summed E-state index contributed by atoms with van der Waals surface area (Å²) in [5.74, 6) is 5.16. The smallest absolute Gasteiger partial charge is 0.00796 e. The maximum absolute atomic E-state index is 4.29. The van der Waals surface area contributed by atoms with Crippen LogP contribution in [0.5, 0.6) is 0 Å². The SMILES string of the molecule is C=C/C=C1/C(CC)CC2C(CCC3(C)C(CC(=C)C)C(C)CC23)C1(C)CCC. The molecule has 3 saturated carbocycles. The second-order valence-electron chi connectivity index (χ2n) is 11.3. The van der Waals surface area contributed by atoms with E-state index < -0.39 is 0 Å². The maximum Gasteiger partial charge on any atom is -0.00796 e. The Morgan fingerprint density at radius 3 is 2.46 bits per heavy atom. The van der Waals surface area contributed by atoms with Crippen molar-refractivity contribution >= 4 is 0 Å². The fourth-order valence-electron chi connectivity index (χ4n) is 8.51. The Morgan fingerprint density at radius 1 is 1.18 bits per heavy atom. The van der Waals surface area contributed by atoms with Gasteiger partial charge in [-0.3, -0.25) is 0 Å². The Hall–Kier alpha value is -0.780. The van der Waals surface area contributed by atoms with Gasteiger partial charge in [0, 0.05) is 0 Å². The third-order valence-electron chi connectivity index (χ3n) is 9.64. The van der Waals surface area contributed by atoms with E-state index in [2.05, 4.69) is 66.9 Å². The van der Waals surface area contributed by atoms with Crippen molar-refractivity contribution in [3.05, 3.63) is 36.5 Å². The van der Waals surface area contributed by atoms with Crippen LogP contribution in [0, 0.1) is 46.3 Å². The number of hydrogen-bond acceptors (Lipinski definition) is 0. The van der Waals surface area contributed by atoms with E-state index in [1.807, 2.05) is 0 Å². The van der Waals surface area contributed by atoms with Crippen LogP contribution in [0.2, 0.25) is 0 Å². The molecule has 0 radical (unpaired) electrons. The minimum absolute atomic E-state index is 0.379. The van der Waals surface area contributed by atoms with Crippen molar-refractivity contribution in [3.63, 3.8) is 0 Å². The summed E-state index contributed by atoms with van der Waals surface area (Å²) in [7, 11) is 0. The molecule has 28 heavy (non-hydrogen) atoms. The molecule has 0 nitrogen and oxygen atoms in total. The van der Waals surface area contributed by atoms with E-state index in [0.29, 0.717) is 10.8 Å². The Kier molecular flexibility index (Phi) is 6.38. The van der Waals surface area contributed by atoms with Crippen LogP contribution >= 0.6 is 0 Å². The lowest BCUT2D eigenvalue weighted by atomic mass is 9.45. The van der Waals surface area contributed by atoms with Gasteiger partial charge in [0.25, 0.3) is 0 Å². The molecule has 3 rings (SSSR count). The van der Waals surface area contributed by atoms with Gasteiger partial charge >= 0.3 is 0 Å². The molecule has 3 aliphatic rings. The van der Waals surface area contributed by atoms with Gasteiger partial charge in [0.15, 0.2) is 0 Å². The van der Waals surface area contributed by atoms with Crippen LogP contribution in [-0.2, 0) is 0 Å². The molecule has 8 atom stereocenters. The lowest BCUT2D eigenvalue weighted by Gasteiger charge is -2.59. The van der Waals surface area contributed by atoms with Crippen molar-refractivity contribution in [2.45, 2.75) is 92.9 Å². The average Bonchev–Trinajstić information content (AvgIpc) is 2.88. The third-order valence-corrected chi connectivity index (χ3v) is 9.64. The molecule has 0 bridgehead atoms. The monoisotopic (exact) mass is 382 g/mol. The molecule has 0 aromatic carbocycles. The highest BCUT2D eigenvalue weighted by molar-refractivity contribution is 5.28. The van der Waals surface area contributed by atoms with Gasteiger partial charge in [-0.25, -0.2) is 0 Å². The lowest BCUT2D eigenvalue weighted by molar-refractivity contribution is -0.0615. The van der Waals surface area contributed by atoms with Crippen LogP contribution in [0.3, 0.4) is 0 Å². The molecule has 158 valence electrons. The number of hydrogen-bond donors (Lipinski definition) is 0. The summed E-state index contributed by atoms with van der Waals surface area (Å²) in [6, 6.07) is 0. The Labute approximate surface area is 176 Å². The van der Waals surface area contributed by atoms with Crippen LogP contribution in [0.25, 0.3) is 0 Å². The largest absolute Gasteiger partial charge is 0.100 e. The van der Waals surface area contributed by atoms with Gasteiger partial charge in [-0.05, 0) is 98.2 Å². The number of rotatable bonds is 6. The molecular formula is C28H46. The topological polar surface area (TPSA) is 0 Å². The molecule has 0 saturated heterocycles. The van der Waals surface area contributed by atoms with Gasteiger partial charge in [0.05, 0.1) is 0 Å².